The number of ether oxygens (including phenoxy) is 2. The monoisotopic (exact) mass is 409 g/mol. The normalized spacial score (nSPS) is 21.2. The Kier molecular flexibility index (Phi) is 4.71. The number of fused-ring (bicyclic) bond motifs is 1. The van der Waals surface area contributed by atoms with Crippen LogP contribution in [0.25, 0.3) is 11.3 Å². The second-order valence-electron chi connectivity index (χ2n) is 7.81. The van der Waals surface area contributed by atoms with Crippen LogP contribution < -0.4 is 9.47 Å². The number of carbonyl (C=O) groups is 1. The van der Waals surface area contributed by atoms with E-state index >= 15 is 0 Å². The van der Waals surface area contributed by atoms with Crippen molar-refractivity contribution in [2.45, 2.75) is 32.5 Å². The van der Waals surface area contributed by atoms with E-state index in [-0.39, 0.29) is 24.8 Å². The molecule has 0 spiro atoms. The molecule has 4 heterocycles. The third kappa shape index (κ3) is 3.43. The van der Waals surface area contributed by atoms with Crippen molar-refractivity contribution in [3.63, 3.8) is 0 Å². The predicted molar refractivity (Wildman–Crippen MR) is 107 cm³/mol. The van der Waals surface area contributed by atoms with Crippen LogP contribution in [0.2, 0.25) is 0 Å². The van der Waals surface area contributed by atoms with Crippen LogP contribution in [-0.2, 0) is 6.54 Å². The molecule has 3 aromatic rings. The molecule has 0 bridgehead atoms. The first kappa shape index (κ1) is 18.7. The van der Waals surface area contributed by atoms with Gasteiger partial charge in [0.05, 0.1) is 12.8 Å². The van der Waals surface area contributed by atoms with Gasteiger partial charge in [0.2, 0.25) is 6.79 Å². The number of benzene rings is 1. The SMILES string of the molecule is C[C@H]1CN(C(=O)c2cc(-c3ccc4c(c3)OCO4)on2)[C@@H](C)CN1Cc1ccco1. The quantitative estimate of drug-likeness (QED) is 0.653. The van der Waals surface area contributed by atoms with Crippen molar-refractivity contribution in [3.8, 4) is 22.8 Å². The van der Waals surface area contributed by atoms with Crippen molar-refractivity contribution < 1.29 is 23.2 Å². The topological polar surface area (TPSA) is 81.2 Å². The van der Waals surface area contributed by atoms with E-state index in [1.165, 1.54) is 0 Å². The summed E-state index contributed by atoms with van der Waals surface area (Å²) in [7, 11) is 0. The summed E-state index contributed by atoms with van der Waals surface area (Å²) >= 11 is 0. The average molecular weight is 409 g/mol. The van der Waals surface area contributed by atoms with E-state index in [4.69, 9.17) is 18.4 Å². The molecular weight excluding hydrogens is 386 g/mol. The van der Waals surface area contributed by atoms with E-state index in [0.29, 0.717) is 29.5 Å². The van der Waals surface area contributed by atoms with Crippen LogP contribution in [0.5, 0.6) is 11.5 Å². The molecule has 2 aromatic heterocycles. The minimum Gasteiger partial charge on any atom is -0.468 e. The standard InChI is InChI=1S/C22H23N3O5/c1-14-11-25(15(2)10-24(14)12-17-4-3-7-27-17)22(26)18-9-20(30-23-18)16-5-6-19-21(8-16)29-13-28-19/h3-9,14-15H,10-13H2,1-2H3/t14-,15-/m0/s1. The van der Waals surface area contributed by atoms with Crippen molar-refractivity contribution >= 4 is 5.91 Å². The average Bonchev–Trinajstić information content (AvgIpc) is 3.50. The molecule has 30 heavy (non-hydrogen) atoms. The molecule has 0 unspecified atom stereocenters. The van der Waals surface area contributed by atoms with Crippen LogP contribution in [0.15, 0.2) is 51.6 Å². The van der Waals surface area contributed by atoms with Gasteiger partial charge in [0.1, 0.15) is 5.76 Å². The Hall–Kier alpha value is -3.26. The Bertz CT molecular complexity index is 1040. The molecule has 1 amide bonds. The summed E-state index contributed by atoms with van der Waals surface area (Å²) in [5.74, 6) is 2.69. The van der Waals surface area contributed by atoms with Gasteiger partial charge in [0, 0.05) is 36.8 Å². The molecule has 1 aromatic carbocycles. The minimum absolute atomic E-state index is 0.0503. The summed E-state index contributed by atoms with van der Waals surface area (Å²) < 4.78 is 21.7. The number of hydrogen-bond acceptors (Lipinski definition) is 7. The molecule has 2 atom stereocenters. The maximum atomic E-state index is 13.1. The largest absolute Gasteiger partial charge is 0.468 e. The van der Waals surface area contributed by atoms with Gasteiger partial charge >= 0.3 is 0 Å². The number of piperazine rings is 1. The van der Waals surface area contributed by atoms with E-state index in [9.17, 15) is 4.79 Å². The molecule has 8 nitrogen and oxygen atoms in total. The molecule has 8 heteroatoms. The smallest absolute Gasteiger partial charge is 0.276 e. The molecule has 0 radical (unpaired) electrons. The van der Waals surface area contributed by atoms with Gasteiger partial charge in [-0.05, 0) is 44.2 Å². The number of hydrogen-bond donors (Lipinski definition) is 0. The van der Waals surface area contributed by atoms with Crippen LogP contribution in [0, 0.1) is 0 Å². The van der Waals surface area contributed by atoms with Crippen molar-refractivity contribution in [1.29, 1.82) is 0 Å². The predicted octanol–water partition coefficient (Wildman–Crippen LogP) is 3.40. The van der Waals surface area contributed by atoms with Crippen LogP contribution in [0.4, 0.5) is 0 Å². The summed E-state index contributed by atoms with van der Waals surface area (Å²) in [4.78, 5) is 17.3. The first-order valence-corrected chi connectivity index (χ1v) is 10.0. The second kappa shape index (κ2) is 7.53. The van der Waals surface area contributed by atoms with Gasteiger partial charge in [-0.1, -0.05) is 5.16 Å². The van der Waals surface area contributed by atoms with Gasteiger partial charge < -0.3 is 23.3 Å². The highest BCUT2D eigenvalue weighted by molar-refractivity contribution is 5.93. The Morgan fingerprint density at radius 2 is 1.97 bits per heavy atom. The fourth-order valence-electron chi connectivity index (χ4n) is 4.01. The van der Waals surface area contributed by atoms with E-state index in [2.05, 4.69) is 23.9 Å². The lowest BCUT2D eigenvalue weighted by Crippen LogP contribution is -2.57. The van der Waals surface area contributed by atoms with Gasteiger partial charge in [-0.2, -0.15) is 0 Å². The number of amides is 1. The van der Waals surface area contributed by atoms with Gasteiger partial charge in [-0.3, -0.25) is 9.69 Å². The maximum Gasteiger partial charge on any atom is 0.276 e. The fourth-order valence-corrected chi connectivity index (χ4v) is 4.01. The highest BCUT2D eigenvalue weighted by atomic mass is 16.7. The van der Waals surface area contributed by atoms with E-state index in [0.717, 1.165) is 24.4 Å². The molecule has 1 fully saturated rings. The molecule has 0 N–H and O–H groups in total. The molecule has 0 saturated carbocycles. The summed E-state index contributed by atoms with van der Waals surface area (Å²) in [6.45, 7) is 6.50. The lowest BCUT2D eigenvalue weighted by atomic mass is 10.1. The van der Waals surface area contributed by atoms with Gasteiger partial charge in [-0.15, -0.1) is 0 Å². The zero-order valence-electron chi connectivity index (χ0n) is 16.9. The first-order valence-electron chi connectivity index (χ1n) is 10.0. The van der Waals surface area contributed by atoms with Crippen LogP contribution in [0.3, 0.4) is 0 Å². The molecule has 5 rings (SSSR count). The van der Waals surface area contributed by atoms with E-state index in [1.54, 1.807) is 12.3 Å². The number of nitrogens with zero attached hydrogens (tertiary/aromatic N) is 3. The Labute approximate surface area is 173 Å². The molecule has 2 aliphatic rings. The number of aromatic nitrogens is 1. The third-order valence-electron chi connectivity index (χ3n) is 5.70. The van der Waals surface area contributed by atoms with Crippen LogP contribution in [0.1, 0.15) is 30.1 Å². The van der Waals surface area contributed by atoms with Gasteiger partial charge in [-0.25, -0.2) is 0 Å². The summed E-state index contributed by atoms with van der Waals surface area (Å²) in [5.41, 5.74) is 1.09. The van der Waals surface area contributed by atoms with E-state index in [1.807, 2.05) is 35.2 Å². The Morgan fingerprint density at radius 3 is 2.80 bits per heavy atom. The first-order chi connectivity index (χ1) is 14.6. The molecule has 0 aliphatic carbocycles. The van der Waals surface area contributed by atoms with Crippen molar-refractivity contribution in [2.24, 2.45) is 0 Å². The van der Waals surface area contributed by atoms with Crippen molar-refractivity contribution in [2.75, 3.05) is 19.9 Å². The fraction of sp³-hybridized carbons (Fsp3) is 0.364. The minimum atomic E-state index is -0.122. The summed E-state index contributed by atoms with van der Waals surface area (Å²) in [6.07, 6.45) is 1.69. The lowest BCUT2D eigenvalue weighted by Gasteiger charge is -2.43. The molecular formula is C22H23N3O5. The Balaban J connectivity index is 1.29. The number of carbonyl (C=O) groups excluding carboxylic acids is 1. The molecule has 1 saturated heterocycles. The summed E-state index contributed by atoms with van der Waals surface area (Å²) in [6, 6.07) is 11.3. The zero-order valence-corrected chi connectivity index (χ0v) is 16.9. The molecule has 156 valence electrons. The van der Waals surface area contributed by atoms with Crippen LogP contribution >= 0.6 is 0 Å². The van der Waals surface area contributed by atoms with Crippen molar-refractivity contribution in [1.82, 2.24) is 15.0 Å². The van der Waals surface area contributed by atoms with E-state index < -0.39 is 0 Å². The highest BCUT2D eigenvalue weighted by Crippen LogP contribution is 2.36. The third-order valence-corrected chi connectivity index (χ3v) is 5.70. The zero-order chi connectivity index (χ0) is 20.7. The Morgan fingerprint density at radius 1 is 1.10 bits per heavy atom. The lowest BCUT2D eigenvalue weighted by molar-refractivity contribution is 0.0262. The van der Waals surface area contributed by atoms with Crippen molar-refractivity contribution in [3.05, 3.63) is 54.1 Å². The van der Waals surface area contributed by atoms with Gasteiger partial charge in [0.15, 0.2) is 23.0 Å². The number of rotatable bonds is 4. The van der Waals surface area contributed by atoms with Crippen LogP contribution in [-0.4, -0.2) is 52.8 Å². The highest BCUT2D eigenvalue weighted by Gasteiger charge is 2.34. The van der Waals surface area contributed by atoms with Gasteiger partial charge in [0.25, 0.3) is 5.91 Å². The summed E-state index contributed by atoms with van der Waals surface area (Å²) in [5, 5.41) is 4.03. The number of furan rings is 1. The molecule has 2 aliphatic heterocycles. The maximum absolute atomic E-state index is 13.1. The second-order valence-corrected chi connectivity index (χ2v) is 7.81.